The molecule has 2 nitrogen and oxygen atoms in total. The van der Waals surface area contributed by atoms with Crippen LogP contribution in [0.1, 0.15) is 48.0 Å². The Labute approximate surface area is 89.3 Å². The maximum atomic E-state index is 9.41. The first-order chi connectivity index (χ1) is 6.34. The van der Waals surface area contributed by atoms with Gasteiger partial charge in [0, 0.05) is 18.6 Å². The van der Waals surface area contributed by atoms with Crippen LogP contribution in [0.5, 0.6) is 0 Å². The van der Waals surface area contributed by atoms with Crippen LogP contribution in [-0.4, -0.2) is 34.7 Å². The summed E-state index contributed by atoms with van der Waals surface area (Å²) in [5, 5.41) is 9.41. The molecule has 0 aromatic rings. The number of aliphatic hydroxyl groups excluding tert-OH is 1. The van der Waals surface area contributed by atoms with E-state index in [-0.39, 0.29) is 6.10 Å². The Morgan fingerprint density at radius 1 is 1.00 bits per heavy atom. The SMILES string of the molecule is CC(C)CC(C)N(CC(C)O)C(C)C. The molecular weight excluding hydrogens is 174 g/mol. The van der Waals surface area contributed by atoms with Crippen LogP contribution < -0.4 is 0 Å². The summed E-state index contributed by atoms with van der Waals surface area (Å²) in [4.78, 5) is 2.38. The van der Waals surface area contributed by atoms with Gasteiger partial charge in [-0.25, -0.2) is 0 Å². The van der Waals surface area contributed by atoms with Crippen LogP contribution in [0, 0.1) is 5.92 Å². The van der Waals surface area contributed by atoms with Gasteiger partial charge in [0.1, 0.15) is 0 Å². The Balaban J connectivity index is 4.18. The van der Waals surface area contributed by atoms with E-state index in [4.69, 9.17) is 0 Å². The van der Waals surface area contributed by atoms with E-state index in [0.717, 1.165) is 12.5 Å². The standard InChI is InChI=1S/C12H27NO/c1-9(2)7-11(5)13(10(3)4)8-12(6)14/h9-12,14H,7-8H2,1-6H3. The highest BCUT2D eigenvalue weighted by molar-refractivity contribution is 4.73. The van der Waals surface area contributed by atoms with Gasteiger partial charge in [-0.3, -0.25) is 4.90 Å². The maximum absolute atomic E-state index is 9.41. The summed E-state index contributed by atoms with van der Waals surface area (Å²) in [7, 11) is 0. The van der Waals surface area contributed by atoms with Crippen molar-refractivity contribution >= 4 is 0 Å². The molecule has 2 atom stereocenters. The van der Waals surface area contributed by atoms with Crippen LogP contribution in [0.15, 0.2) is 0 Å². The van der Waals surface area contributed by atoms with Crippen molar-refractivity contribution in [1.29, 1.82) is 0 Å². The molecule has 0 aliphatic carbocycles. The number of nitrogens with zero attached hydrogens (tertiary/aromatic N) is 1. The molecule has 0 aliphatic heterocycles. The molecule has 0 fully saturated rings. The lowest BCUT2D eigenvalue weighted by Gasteiger charge is -2.34. The first kappa shape index (κ1) is 13.9. The van der Waals surface area contributed by atoms with Gasteiger partial charge >= 0.3 is 0 Å². The van der Waals surface area contributed by atoms with E-state index in [1.807, 2.05) is 6.92 Å². The van der Waals surface area contributed by atoms with E-state index >= 15 is 0 Å². The molecule has 0 saturated carbocycles. The average Bonchev–Trinajstić information content (AvgIpc) is 1.97. The molecular formula is C12H27NO. The van der Waals surface area contributed by atoms with E-state index in [2.05, 4.69) is 39.5 Å². The van der Waals surface area contributed by atoms with E-state index in [1.165, 1.54) is 6.42 Å². The van der Waals surface area contributed by atoms with Gasteiger partial charge in [0.05, 0.1) is 6.10 Å². The minimum atomic E-state index is -0.230. The fourth-order valence-electron chi connectivity index (χ4n) is 2.02. The summed E-state index contributed by atoms with van der Waals surface area (Å²) in [5.74, 6) is 0.722. The van der Waals surface area contributed by atoms with Crippen LogP contribution >= 0.6 is 0 Å². The molecule has 0 rings (SSSR count). The number of rotatable bonds is 6. The lowest BCUT2D eigenvalue weighted by atomic mass is 10.0. The van der Waals surface area contributed by atoms with Crippen LogP contribution in [-0.2, 0) is 0 Å². The molecule has 0 aromatic carbocycles. The normalized spacial score (nSPS) is 16.7. The monoisotopic (exact) mass is 201 g/mol. The third-order valence-electron chi connectivity index (χ3n) is 2.52. The van der Waals surface area contributed by atoms with Crippen molar-refractivity contribution in [2.45, 2.75) is 66.2 Å². The third-order valence-corrected chi connectivity index (χ3v) is 2.52. The van der Waals surface area contributed by atoms with Gasteiger partial charge in [0.15, 0.2) is 0 Å². The van der Waals surface area contributed by atoms with Gasteiger partial charge in [0.25, 0.3) is 0 Å². The summed E-state index contributed by atoms with van der Waals surface area (Å²) >= 11 is 0. The molecule has 0 radical (unpaired) electrons. The molecule has 0 heterocycles. The molecule has 2 unspecified atom stereocenters. The second kappa shape index (κ2) is 6.41. The van der Waals surface area contributed by atoms with Gasteiger partial charge in [0.2, 0.25) is 0 Å². The highest BCUT2D eigenvalue weighted by atomic mass is 16.3. The fraction of sp³-hybridized carbons (Fsp3) is 1.00. The van der Waals surface area contributed by atoms with Crippen molar-refractivity contribution in [2.24, 2.45) is 5.92 Å². The largest absolute Gasteiger partial charge is 0.392 e. The Morgan fingerprint density at radius 2 is 1.50 bits per heavy atom. The van der Waals surface area contributed by atoms with E-state index in [9.17, 15) is 5.11 Å². The predicted octanol–water partition coefficient (Wildman–Crippen LogP) is 2.51. The smallest absolute Gasteiger partial charge is 0.0639 e. The topological polar surface area (TPSA) is 23.5 Å². The third kappa shape index (κ3) is 5.61. The highest BCUT2D eigenvalue weighted by Crippen LogP contribution is 2.14. The van der Waals surface area contributed by atoms with Gasteiger partial charge in [-0.05, 0) is 40.0 Å². The summed E-state index contributed by atoms with van der Waals surface area (Å²) < 4.78 is 0. The van der Waals surface area contributed by atoms with Crippen LogP contribution in [0.25, 0.3) is 0 Å². The Kier molecular flexibility index (Phi) is 6.38. The zero-order valence-corrected chi connectivity index (χ0v) is 10.6. The summed E-state index contributed by atoms with van der Waals surface area (Å²) in [5.41, 5.74) is 0. The van der Waals surface area contributed by atoms with Gasteiger partial charge in [-0.1, -0.05) is 13.8 Å². The van der Waals surface area contributed by atoms with E-state index in [0.29, 0.717) is 12.1 Å². The molecule has 14 heavy (non-hydrogen) atoms. The lowest BCUT2D eigenvalue weighted by molar-refractivity contribution is 0.0732. The minimum absolute atomic E-state index is 0.230. The number of aliphatic hydroxyl groups is 1. The molecule has 0 aliphatic rings. The Hall–Kier alpha value is -0.0800. The molecule has 0 bridgehead atoms. The zero-order valence-electron chi connectivity index (χ0n) is 10.6. The summed E-state index contributed by atoms with van der Waals surface area (Å²) in [6.07, 6.45) is 0.970. The molecule has 86 valence electrons. The molecule has 2 heteroatoms. The summed E-state index contributed by atoms with van der Waals surface area (Å²) in [6, 6.07) is 1.07. The van der Waals surface area contributed by atoms with E-state index in [1.54, 1.807) is 0 Å². The van der Waals surface area contributed by atoms with Crippen LogP contribution in [0.3, 0.4) is 0 Å². The Bertz CT molecular complexity index is 143. The van der Waals surface area contributed by atoms with Crippen molar-refractivity contribution in [3.8, 4) is 0 Å². The molecule has 0 spiro atoms. The zero-order chi connectivity index (χ0) is 11.3. The predicted molar refractivity (Wildman–Crippen MR) is 62.4 cm³/mol. The second-order valence-corrected chi connectivity index (χ2v) is 5.12. The highest BCUT2D eigenvalue weighted by Gasteiger charge is 2.19. The molecule has 0 saturated heterocycles. The second-order valence-electron chi connectivity index (χ2n) is 5.12. The fourth-order valence-corrected chi connectivity index (χ4v) is 2.02. The number of hydrogen-bond acceptors (Lipinski definition) is 2. The first-order valence-corrected chi connectivity index (χ1v) is 5.78. The molecule has 1 N–H and O–H groups in total. The van der Waals surface area contributed by atoms with Crippen molar-refractivity contribution in [1.82, 2.24) is 4.90 Å². The van der Waals surface area contributed by atoms with Crippen LogP contribution in [0.2, 0.25) is 0 Å². The molecule has 0 amide bonds. The van der Waals surface area contributed by atoms with Gasteiger partial charge in [-0.2, -0.15) is 0 Å². The number of hydrogen-bond donors (Lipinski definition) is 1. The van der Waals surface area contributed by atoms with Crippen molar-refractivity contribution < 1.29 is 5.11 Å². The first-order valence-electron chi connectivity index (χ1n) is 5.78. The summed E-state index contributed by atoms with van der Waals surface area (Å²) in [6.45, 7) is 13.8. The van der Waals surface area contributed by atoms with Gasteiger partial charge < -0.3 is 5.11 Å². The van der Waals surface area contributed by atoms with E-state index < -0.39 is 0 Å². The van der Waals surface area contributed by atoms with Crippen molar-refractivity contribution in [3.05, 3.63) is 0 Å². The van der Waals surface area contributed by atoms with Crippen molar-refractivity contribution in [2.75, 3.05) is 6.54 Å². The van der Waals surface area contributed by atoms with Gasteiger partial charge in [-0.15, -0.1) is 0 Å². The quantitative estimate of drug-likeness (QED) is 0.714. The average molecular weight is 201 g/mol. The van der Waals surface area contributed by atoms with Crippen molar-refractivity contribution in [3.63, 3.8) is 0 Å². The van der Waals surface area contributed by atoms with Crippen LogP contribution in [0.4, 0.5) is 0 Å². The Morgan fingerprint density at radius 3 is 1.79 bits per heavy atom. The molecule has 0 aromatic heterocycles. The lowest BCUT2D eigenvalue weighted by Crippen LogP contribution is -2.43. The minimum Gasteiger partial charge on any atom is -0.392 e. The maximum Gasteiger partial charge on any atom is 0.0639 e.